The second-order valence-electron chi connectivity index (χ2n) is 5.46. The van der Waals surface area contributed by atoms with Crippen molar-refractivity contribution in [2.75, 3.05) is 5.32 Å². The molecule has 0 aliphatic heterocycles. The van der Waals surface area contributed by atoms with Crippen LogP contribution in [0.2, 0.25) is 0 Å². The van der Waals surface area contributed by atoms with E-state index in [0.29, 0.717) is 12.3 Å². The Hall–Kier alpha value is -1.33. The van der Waals surface area contributed by atoms with Crippen LogP contribution < -0.4 is 5.32 Å². The highest BCUT2D eigenvalue weighted by Gasteiger charge is 2.31. The summed E-state index contributed by atoms with van der Waals surface area (Å²) in [6.07, 6.45) is 2.50. The molecule has 0 bridgehead atoms. The number of halogens is 5. The average Bonchev–Trinajstić information content (AvgIpc) is 2.43. The molecule has 20 heavy (non-hydrogen) atoms. The fraction of sp³-hybridized carbons (Fsp3) is 0.571. The molecule has 0 aromatic heterocycles. The summed E-state index contributed by atoms with van der Waals surface area (Å²) >= 11 is 0. The Balaban J connectivity index is 2.34. The van der Waals surface area contributed by atoms with Gasteiger partial charge < -0.3 is 5.32 Å². The van der Waals surface area contributed by atoms with Crippen molar-refractivity contribution >= 4 is 5.69 Å². The molecule has 1 aromatic carbocycles. The van der Waals surface area contributed by atoms with Gasteiger partial charge >= 0.3 is 0 Å². The molecule has 1 aromatic rings. The van der Waals surface area contributed by atoms with Crippen molar-refractivity contribution in [2.24, 2.45) is 11.8 Å². The van der Waals surface area contributed by atoms with E-state index in [2.05, 4.69) is 5.32 Å². The summed E-state index contributed by atoms with van der Waals surface area (Å²) in [6.45, 7) is 3.92. The van der Waals surface area contributed by atoms with Gasteiger partial charge in [0.1, 0.15) is 5.69 Å². The maximum Gasteiger partial charge on any atom is 0.200 e. The predicted octanol–water partition coefficient (Wildman–Crippen LogP) is 4.62. The molecule has 1 aliphatic rings. The second kappa shape index (κ2) is 5.58. The molecule has 0 spiro atoms. The maximum atomic E-state index is 13.6. The Morgan fingerprint density at radius 3 is 1.85 bits per heavy atom. The van der Waals surface area contributed by atoms with Crippen LogP contribution in [-0.4, -0.2) is 6.04 Å². The van der Waals surface area contributed by atoms with Gasteiger partial charge in [-0.15, -0.1) is 0 Å². The van der Waals surface area contributed by atoms with E-state index < -0.39 is 34.8 Å². The molecule has 112 valence electrons. The van der Waals surface area contributed by atoms with Crippen molar-refractivity contribution in [1.82, 2.24) is 0 Å². The van der Waals surface area contributed by atoms with Crippen LogP contribution in [-0.2, 0) is 0 Å². The molecule has 0 heterocycles. The van der Waals surface area contributed by atoms with Crippen LogP contribution in [0.4, 0.5) is 27.6 Å². The Kier molecular flexibility index (Phi) is 4.20. The zero-order chi connectivity index (χ0) is 15.0. The molecular weight excluding hydrogens is 277 g/mol. The molecule has 1 saturated carbocycles. The molecule has 3 unspecified atom stereocenters. The van der Waals surface area contributed by atoms with Crippen molar-refractivity contribution in [3.63, 3.8) is 0 Å². The third-order valence-corrected chi connectivity index (χ3v) is 4.25. The summed E-state index contributed by atoms with van der Waals surface area (Å²) in [5, 5.41) is 2.51. The van der Waals surface area contributed by atoms with Gasteiger partial charge in [-0.25, -0.2) is 22.0 Å². The first-order chi connectivity index (χ1) is 9.34. The van der Waals surface area contributed by atoms with Crippen LogP contribution in [0.3, 0.4) is 0 Å². The molecule has 2 rings (SSSR count). The molecule has 1 N–H and O–H groups in total. The lowest BCUT2D eigenvalue weighted by Crippen LogP contribution is -2.35. The minimum Gasteiger partial charge on any atom is -0.377 e. The van der Waals surface area contributed by atoms with E-state index in [1.165, 1.54) is 0 Å². The van der Waals surface area contributed by atoms with Crippen LogP contribution in [0.5, 0.6) is 0 Å². The highest BCUT2D eigenvalue weighted by atomic mass is 19.2. The molecule has 0 amide bonds. The lowest BCUT2D eigenvalue weighted by atomic mass is 9.78. The normalized spacial score (nSPS) is 26.6. The molecule has 0 saturated heterocycles. The summed E-state index contributed by atoms with van der Waals surface area (Å²) in [7, 11) is 0. The summed E-state index contributed by atoms with van der Waals surface area (Å²) < 4.78 is 66.4. The topological polar surface area (TPSA) is 12.0 Å². The van der Waals surface area contributed by atoms with E-state index in [-0.39, 0.29) is 12.0 Å². The molecular formula is C14H16F5N. The molecule has 1 fully saturated rings. The van der Waals surface area contributed by atoms with Gasteiger partial charge in [0.05, 0.1) is 0 Å². The standard InChI is InChI=1S/C14H16F5N/c1-6-4-3-5-8(7(6)2)20-14-12(18)10(16)9(15)11(17)13(14)19/h6-8,20H,3-5H2,1-2H3. The van der Waals surface area contributed by atoms with Crippen LogP contribution in [0.25, 0.3) is 0 Å². The van der Waals surface area contributed by atoms with Crippen molar-refractivity contribution in [1.29, 1.82) is 0 Å². The minimum absolute atomic E-state index is 0.0960. The first-order valence-corrected chi connectivity index (χ1v) is 6.62. The van der Waals surface area contributed by atoms with E-state index in [4.69, 9.17) is 0 Å². The lowest BCUT2D eigenvalue weighted by Gasteiger charge is -2.35. The second-order valence-corrected chi connectivity index (χ2v) is 5.46. The van der Waals surface area contributed by atoms with Gasteiger partial charge in [-0.1, -0.05) is 26.7 Å². The molecule has 3 atom stereocenters. The van der Waals surface area contributed by atoms with Crippen molar-refractivity contribution < 1.29 is 22.0 Å². The van der Waals surface area contributed by atoms with Gasteiger partial charge in [0.15, 0.2) is 23.3 Å². The van der Waals surface area contributed by atoms with E-state index in [9.17, 15) is 22.0 Å². The van der Waals surface area contributed by atoms with Gasteiger partial charge in [-0.3, -0.25) is 0 Å². The molecule has 1 aliphatic carbocycles. The Labute approximate surface area is 114 Å². The molecule has 6 heteroatoms. The van der Waals surface area contributed by atoms with Crippen molar-refractivity contribution in [2.45, 2.75) is 39.2 Å². The number of nitrogens with one attached hydrogen (secondary N) is 1. The fourth-order valence-electron chi connectivity index (χ4n) is 2.70. The van der Waals surface area contributed by atoms with Gasteiger partial charge in [-0.05, 0) is 18.3 Å². The van der Waals surface area contributed by atoms with Crippen LogP contribution in [0, 0.1) is 40.9 Å². The van der Waals surface area contributed by atoms with Crippen LogP contribution >= 0.6 is 0 Å². The first-order valence-electron chi connectivity index (χ1n) is 6.62. The van der Waals surface area contributed by atoms with E-state index in [0.717, 1.165) is 12.8 Å². The average molecular weight is 293 g/mol. The highest BCUT2D eigenvalue weighted by molar-refractivity contribution is 5.48. The molecule has 0 radical (unpaired) electrons. The summed E-state index contributed by atoms with van der Waals surface area (Å²) in [5.74, 6) is -9.12. The van der Waals surface area contributed by atoms with Gasteiger partial charge in [0.2, 0.25) is 5.82 Å². The van der Waals surface area contributed by atoms with E-state index in [1.54, 1.807) is 0 Å². The summed E-state index contributed by atoms with van der Waals surface area (Å²) in [6, 6.07) is -0.299. The number of benzene rings is 1. The van der Waals surface area contributed by atoms with Crippen molar-refractivity contribution in [3.05, 3.63) is 29.1 Å². The lowest BCUT2D eigenvalue weighted by molar-refractivity contribution is 0.251. The smallest absolute Gasteiger partial charge is 0.200 e. The Bertz CT molecular complexity index is 488. The van der Waals surface area contributed by atoms with Gasteiger partial charge in [-0.2, -0.15) is 0 Å². The van der Waals surface area contributed by atoms with Crippen LogP contribution in [0.1, 0.15) is 33.1 Å². The zero-order valence-corrected chi connectivity index (χ0v) is 11.2. The van der Waals surface area contributed by atoms with Crippen molar-refractivity contribution in [3.8, 4) is 0 Å². The van der Waals surface area contributed by atoms with E-state index in [1.807, 2.05) is 13.8 Å². The number of hydrogen-bond donors (Lipinski definition) is 1. The third kappa shape index (κ3) is 2.47. The predicted molar refractivity (Wildman–Crippen MR) is 65.8 cm³/mol. The number of hydrogen-bond acceptors (Lipinski definition) is 1. The quantitative estimate of drug-likeness (QED) is 0.476. The zero-order valence-electron chi connectivity index (χ0n) is 11.2. The van der Waals surface area contributed by atoms with Crippen LogP contribution in [0.15, 0.2) is 0 Å². The summed E-state index contributed by atoms with van der Waals surface area (Å²) in [5.41, 5.74) is -0.924. The highest BCUT2D eigenvalue weighted by Crippen LogP contribution is 2.34. The fourth-order valence-corrected chi connectivity index (χ4v) is 2.70. The SMILES string of the molecule is CC1CCCC(Nc2c(F)c(F)c(F)c(F)c2F)C1C. The van der Waals surface area contributed by atoms with E-state index >= 15 is 0 Å². The Morgan fingerprint density at radius 2 is 1.30 bits per heavy atom. The van der Waals surface area contributed by atoms with Gasteiger partial charge in [0, 0.05) is 6.04 Å². The number of anilines is 1. The summed E-state index contributed by atoms with van der Waals surface area (Å²) in [4.78, 5) is 0. The Morgan fingerprint density at radius 1 is 0.800 bits per heavy atom. The van der Waals surface area contributed by atoms with Gasteiger partial charge in [0.25, 0.3) is 0 Å². The minimum atomic E-state index is -2.13. The third-order valence-electron chi connectivity index (χ3n) is 4.25. The maximum absolute atomic E-state index is 13.6. The molecule has 1 nitrogen and oxygen atoms in total. The number of rotatable bonds is 2. The monoisotopic (exact) mass is 293 g/mol. The largest absolute Gasteiger partial charge is 0.377 e. The first kappa shape index (κ1) is 15.1.